The van der Waals surface area contributed by atoms with Crippen molar-refractivity contribution in [3.8, 4) is 0 Å². The summed E-state index contributed by atoms with van der Waals surface area (Å²) in [6.45, 7) is 2.66. The molecule has 0 aromatic carbocycles. The van der Waals surface area contributed by atoms with Crippen LogP contribution in [0.25, 0.3) is 0 Å². The standard InChI is InChI=1S/C18H18N6O2/c25-18(15-2-1-13-26-15)24-11-9-23(10-12-24)17-4-3-16(21-22-17)20-14-5-7-19-8-6-14/h1-8,13H,9-12H2,(H,19,20,21). The molecule has 0 saturated carbocycles. The average molecular weight is 350 g/mol. The van der Waals surface area contributed by atoms with E-state index in [2.05, 4.69) is 25.4 Å². The zero-order valence-corrected chi connectivity index (χ0v) is 14.1. The van der Waals surface area contributed by atoms with E-state index in [1.165, 1.54) is 6.26 Å². The minimum absolute atomic E-state index is 0.0716. The topological polar surface area (TPSA) is 87.4 Å². The molecule has 0 radical (unpaired) electrons. The van der Waals surface area contributed by atoms with Gasteiger partial charge in [-0.3, -0.25) is 9.78 Å². The van der Waals surface area contributed by atoms with Crippen LogP contribution in [0.1, 0.15) is 10.6 Å². The van der Waals surface area contributed by atoms with Crippen LogP contribution >= 0.6 is 0 Å². The molecule has 0 atom stereocenters. The van der Waals surface area contributed by atoms with Crippen molar-refractivity contribution in [2.45, 2.75) is 0 Å². The maximum Gasteiger partial charge on any atom is 0.289 e. The monoisotopic (exact) mass is 350 g/mol. The number of aromatic nitrogens is 3. The Morgan fingerprint density at radius 2 is 1.81 bits per heavy atom. The lowest BCUT2D eigenvalue weighted by Crippen LogP contribution is -2.49. The molecule has 3 aromatic rings. The SMILES string of the molecule is O=C(c1ccco1)N1CCN(c2ccc(Nc3ccncc3)nn2)CC1. The molecule has 1 amide bonds. The lowest BCUT2D eigenvalue weighted by Gasteiger charge is -2.34. The van der Waals surface area contributed by atoms with E-state index in [1.54, 1.807) is 29.4 Å². The van der Waals surface area contributed by atoms with Crippen molar-refractivity contribution in [2.24, 2.45) is 0 Å². The number of piperazine rings is 1. The minimum atomic E-state index is -0.0716. The summed E-state index contributed by atoms with van der Waals surface area (Å²) < 4.78 is 5.18. The fourth-order valence-corrected chi connectivity index (χ4v) is 2.84. The Kier molecular flexibility index (Phi) is 4.46. The second-order valence-electron chi connectivity index (χ2n) is 5.89. The van der Waals surface area contributed by atoms with Gasteiger partial charge in [0.1, 0.15) is 0 Å². The van der Waals surface area contributed by atoms with Gasteiger partial charge in [-0.1, -0.05) is 0 Å². The molecule has 1 fully saturated rings. The van der Waals surface area contributed by atoms with Crippen molar-refractivity contribution in [1.29, 1.82) is 0 Å². The first-order valence-electron chi connectivity index (χ1n) is 8.38. The molecule has 26 heavy (non-hydrogen) atoms. The molecule has 4 rings (SSSR count). The number of anilines is 3. The van der Waals surface area contributed by atoms with Crippen molar-refractivity contribution >= 4 is 23.2 Å². The third-order valence-electron chi connectivity index (χ3n) is 4.23. The summed E-state index contributed by atoms with van der Waals surface area (Å²) in [6.07, 6.45) is 4.95. The molecule has 0 bridgehead atoms. The van der Waals surface area contributed by atoms with E-state index in [0.29, 0.717) is 37.8 Å². The van der Waals surface area contributed by atoms with Crippen LogP contribution in [0.5, 0.6) is 0 Å². The van der Waals surface area contributed by atoms with Gasteiger partial charge in [0.05, 0.1) is 6.26 Å². The van der Waals surface area contributed by atoms with Crippen LogP contribution in [0, 0.1) is 0 Å². The summed E-state index contributed by atoms with van der Waals surface area (Å²) in [4.78, 5) is 20.2. The number of hydrogen-bond donors (Lipinski definition) is 1. The molecule has 0 unspecified atom stereocenters. The van der Waals surface area contributed by atoms with E-state index < -0.39 is 0 Å². The Labute approximate surface area is 150 Å². The van der Waals surface area contributed by atoms with Gasteiger partial charge in [-0.05, 0) is 36.4 Å². The predicted octanol–water partition coefficient (Wildman–Crippen LogP) is 2.17. The van der Waals surface area contributed by atoms with E-state index in [1.807, 2.05) is 24.3 Å². The first-order chi connectivity index (χ1) is 12.8. The van der Waals surface area contributed by atoms with Gasteiger partial charge < -0.3 is 19.5 Å². The Morgan fingerprint density at radius 1 is 1.00 bits per heavy atom. The highest BCUT2D eigenvalue weighted by Crippen LogP contribution is 2.18. The summed E-state index contributed by atoms with van der Waals surface area (Å²) in [5, 5.41) is 11.7. The highest BCUT2D eigenvalue weighted by atomic mass is 16.3. The van der Waals surface area contributed by atoms with Gasteiger partial charge in [0.25, 0.3) is 5.91 Å². The molecular weight excluding hydrogens is 332 g/mol. The van der Waals surface area contributed by atoms with Crippen LogP contribution in [0.2, 0.25) is 0 Å². The third kappa shape index (κ3) is 3.49. The molecule has 8 nitrogen and oxygen atoms in total. The van der Waals surface area contributed by atoms with Crippen molar-refractivity contribution in [3.63, 3.8) is 0 Å². The van der Waals surface area contributed by atoms with Gasteiger partial charge in [0.2, 0.25) is 0 Å². The average Bonchev–Trinajstić information content (AvgIpc) is 3.24. The van der Waals surface area contributed by atoms with E-state index in [4.69, 9.17) is 4.42 Å². The minimum Gasteiger partial charge on any atom is -0.459 e. The normalized spacial score (nSPS) is 14.3. The molecule has 132 valence electrons. The van der Waals surface area contributed by atoms with E-state index in [-0.39, 0.29) is 5.91 Å². The largest absolute Gasteiger partial charge is 0.459 e. The molecule has 1 saturated heterocycles. The Hall–Kier alpha value is -3.42. The number of nitrogens with zero attached hydrogens (tertiary/aromatic N) is 5. The number of pyridine rings is 1. The summed E-state index contributed by atoms with van der Waals surface area (Å²) in [5.41, 5.74) is 0.909. The molecule has 1 aliphatic rings. The van der Waals surface area contributed by atoms with Crippen LogP contribution in [0.3, 0.4) is 0 Å². The number of furan rings is 1. The maximum absolute atomic E-state index is 12.3. The first-order valence-corrected chi connectivity index (χ1v) is 8.38. The van der Waals surface area contributed by atoms with Crippen molar-refractivity contribution < 1.29 is 9.21 Å². The van der Waals surface area contributed by atoms with E-state index in [9.17, 15) is 4.79 Å². The molecule has 8 heteroatoms. The smallest absolute Gasteiger partial charge is 0.289 e. The Balaban J connectivity index is 1.35. The van der Waals surface area contributed by atoms with Crippen molar-refractivity contribution in [3.05, 3.63) is 60.8 Å². The molecule has 3 aromatic heterocycles. The number of hydrogen-bond acceptors (Lipinski definition) is 7. The quantitative estimate of drug-likeness (QED) is 0.771. The lowest BCUT2D eigenvalue weighted by atomic mass is 10.3. The Bertz CT molecular complexity index is 843. The zero-order valence-electron chi connectivity index (χ0n) is 14.1. The molecule has 0 spiro atoms. The zero-order chi connectivity index (χ0) is 17.8. The number of amides is 1. The fourth-order valence-electron chi connectivity index (χ4n) is 2.84. The van der Waals surface area contributed by atoms with Gasteiger partial charge >= 0.3 is 0 Å². The second kappa shape index (κ2) is 7.22. The lowest BCUT2D eigenvalue weighted by molar-refractivity contribution is 0.0714. The number of carbonyl (C=O) groups excluding carboxylic acids is 1. The molecule has 1 N–H and O–H groups in total. The molecule has 0 aliphatic carbocycles. The summed E-state index contributed by atoms with van der Waals surface area (Å²) in [5.74, 6) is 1.78. The van der Waals surface area contributed by atoms with Crippen LogP contribution in [0.15, 0.2) is 59.5 Å². The van der Waals surface area contributed by atoms with Gasteiger partial charge in [-0.2, -0.15) is 0 Å². The van der Waals surface area contributed by atoms with Crippen LogP contribution < -0.4 is 10.2 Å². The molecule has 1 aliphatic heterocycles. The van der Waals surface area contributed by atoms with Crippen LogP contribution in [-0.2, 0) is 0 Å². The highest BCUT2D eigenvalue weighted by Gasteiger charge is 2.24. The highest BCUT2D eigenvalue weighted by molar-refractivity contribution is 5.91. The van der Waals surface area contributed by atoms with Crippen LogP contribution in [-0.4, -0.2) is 52.2 Å². The predicted molar refractivity (Wildman–Crippen MR) is 96.4 cm³/mol. The van der Waals surface area contributed by atoms with Crippen LogP contribution in [0.4, 0.5) is 17.3 Å². The second-order valence-corrected chi connectivity index (χ2v) is 5.89. The Morgan fingerprint density at radius 3 is 2.46 bits per heavy atom. The first kappa shape index (κ1) is 16.1. The number of rotatable bonds is 4. The summed E-state index contributed by atoms with van der Waals surface area (Å²) in [7, 11) is 0. The van der Waals surface area contributed by atoms with Crippen molar-refractivity contribution in [2.75, 3.05) is 36.4 Å². The van der Waals surface area contributed by atoms with E-state index >= 15 is 0 Å². The summed E-state index contributed by atoms with van der Waals surface area (Å²) >= 11 is 0. The summed E-state index contributed by atoms with van der Waals surface area (Å²) in [6, 6.07) is 11.0. The van der Waals surface area contributed by atoms with Gasteiger partial charge in [0, 0.05) is 44.3 Å². The maximum atomic E-state index is 12.3. The number of carbonyl (C=O) groups is 1. The third-order valence-corrected chi connectivity index (χ3v) is 4.23. The van der Waals surface area contributed by atoms with Gasteiger partial charge in [0.15, 0.2) is 17.4 Å². The van der Waals surface area contributed by atoms with Gasteiger partial charge in [-0.25, -0.2) is 0 Å². The van der Waals surface area contributed by atoms with E-state index in [0.717, 1.165) is 11.5 Å². The van der Waals surface area contributed by atoms with Gasteiger partial charge in [-0.15, -0.1) is 10.2 Å². The number of nitrogens with one attached hydrogen (secondary N) is 1. The molecule has 4 heterocycles. The molecular formula is C18H18N6O2. The van der Waals surface area contributed by atoms with Crippen molar-refractivity contribution in [1.82, 2.24) is 20.1 Å². The fraction of sp³-hybridized carbons (Fsp3) is 0.222.